The van der Waals surface area contributed by atoms with Crippen LogP contribution < -0.4 is 10.3 Å². The fourth-order valence-corrected chi connectivity index (χ4v) is 8.16. The Labute approximate surface area is 190 Å². The Hall–Kier alpha value is -2.47. The van der Waals surface area contributed by atoms with Crippen LogP contribution in [0.15, 0.2) is 73.9 Å². The predicted octanol–water partition coefficient (Wildman–Crippen LogP) is 2.52. The van der Waals surface area contributed by atoms with Crippen molar-refractivity contribution in [3.8, 4) is 0 Å². The molecule has 0 saturated carbocycles. The van der Waals surface area contributed by atoms with Crippen LogP contribution in [0.2, 0.25) is 0 Å². The summed E-state index contributed by atoms with van der Waals surface area (Å²) in [6.45, 7) is 0.957. The Bertz CT molecular complexity index is 1420. The normalized spacial score (nSPS) is 21.1. The van der Waals surface area contributed by atoms with Gasteiger partial charge in [-0.05, 0) is 48.1 Å². The Morgan fingerprint density at radius 3 is 2.41 bits per heavy atom. The number of hydrogen-bond acceptors (Lipinski definition) is 6. The van der Waals surface area contributed by atoms with E-state index in [0.29, 0.717) is 13.1 Å². The summed E-state index contributed by atoms with van der Waals surface area (Å²) < 4.78 is 56.9. The van der Waals surface area contributed by atoms with Gasteiger partial charge in [0.05, 0.1) is 4.90 Å². The number of nitrogens with zero attached hydrogens (tertiary/aromatic N) is 2. The number of thiophene rings is 1. The number of fused-ring (bicyclic) bond motifs is 4. The first-order valence-electron chi connectivity index (χ1n) is 10.1. The van der Waals surface area contributed by atoms with Crippen molar-refractivity contribution in [2.75, 3.05) is 17.8 Å². The summed E-state index contributed by atoms with van der Waals surface area (Å²) in [5.74, 6) is -0.154. The number of anilines is 1. The quantitative estimate of drug-likeness (QED) is 0.590. The molecule has 2 atom stereocenters. The first-order valence-corrected chi connectivity index (χ1v) is 13.9. The van der Waals surface area contributed by atoms with E-state index in [1.165, 1.54) is 16.4 Å². The average molecular weight is 492 g/mol. The summed E-state index contributed by atoms with van der Waals surface area (Å²) in [6.07, 6.45) is 0.792. The maximum absolute atomic E-state index is 13.1. The maximum Gasteiger partial charge on any atom is 0.275 e. The summed E-state index contributed by atoms with van der Waals surface area (Å²) in [5, 5.41) is 1.66. The molecule has 8 nitrogen and oxygen atoms in total. The average Bonchev–Trinajstić information content (AvgIpc) is 3.33. The van der Waals surface area contributed by atoms with Crippen LogP contribution in [0.5, 0.6) is 0 Å². The first kappa shape index (κ1) is 21.4. The standard InChI is InChI=1S/C21H21N3O5S3/c25-21-18(22-31(26,27)20-7-4-10-30-20)8-9-19-16-11-15(13-24(19)21)12-23(14-16)32(28,29)17-5-2-1-3-6-17/h1-10,15-16,22H,11-14H2/t15-,16+/m0/s1. The lowest BCUT2D eigenvalue weighted by Crippen LogP contribution is -2.49. The van der Waals surface area contributed by atoms with Gasteiger partial charge in [0.15, 0.2) is 0 Å². The van der Waals surface area contributed by atoms with Gasteiger partial charge >= 0.3 is 0 Å². The van der Waals surface area contributed by atoms with Gasteiger partial charge in [-0.1, -0.05) is 24.3 Å². The minimum absolute atomic E-state index is 0.00381. The molecule has 4 heterocycles. The largest absolute Gasteiger partial charge is 0.310 e. The lowest BCUT2D eigenvalue weighted by Gasteiger charge is -2.42. The van der Waals surface area contributed by atoms with Crippen LogP contribution in [-0.2, 0) is 26.6 Å². The van der Waals surface area contributed by atoms with Gasteiger partial charge in [-0.2, -0.15) is 4.31 Å². The summed E-state index contributed by atoms with van der Waals surface area (Å²) in [5.41, 5.74) is 0.325. The number of benzene rings is 1. The lowest BCUT2D eigenvalue weighted by molar-refractivity contribution is 0.186. The second-order valence-corrected chi connectivity index (χ2v) is 12.9. The molecule has 0 amide bonds. The monoisotopic (exact) mass is 491 g/mol. The number of rotatable bonds is 5. The second-order valence-electron chi connectivity index (χ2n) is 8.06. The number of pyridine rings is 1. The Balaban J connectivity index is 1.45. The summed E-state index contributed by atoms with van der Waals surface area (Å²) in [4.78, 5) is 13.4. The van der Waals surface area contributed by atoms with Crippen LogP contribution in [-0.4, -0.2) is 38.8 Å². The molecule has 0 radical (unpaired) electrons. The molecule has 3 aromatic rings. The van der Waals surface area contributed by atoms with Gasteiger partial charge in [0, 0.05) is 31.2 Å². The van der Waals surface area contributed by atoms with Gasteiger partial charge in [-0.25, -0.2) is 16.8 Å². The smallest absolute Gasteiger partial charge is 0.275 e. The predicted molar refractivity (Wildman–Crippen MR) is 122 cm³/mol. The van der Waals surface area contributed by atoms with E-state index in [1.54, 1.807) is 52.4 Å². The van der Waals surface area contributed by atoms with Crippen molar-refractivity contribution in [1.29, 1.82) is 0 Å². The molecule has 0 unspecified atom stereocenters. The van der Waals surface area contributed by atoms with Crippen LogP contribution in [0.25, 0.3) is 0 Å². The van der Waals surface area contributed by atoms with E-state index in [2.05, 4.69) is 4.72 Å². The molecule has 2 aliphatic heterocycles. The third-order valence-corrected chi connectivity index (χ3v) is 10.6. The molecule has 1 aromatic carbocycles. The second kappa shape index (κ2) is 7.84. The number of sulfonamides is 2. The van der Waals surface area contributed by atoms with Gasteiger partial charge in [-0.15, -0.1) is 11.3 Å². The van der Waals surface area contributed by atoms with Crippen LogP contribution in [0, 0.1) is 5.92 Å². The van der Waals surface area contributed by atoms with E-state index in [1.807, 2.05) is 0 Å². The third-order valence-electron chi connectivity index (χ3n) is 5.96. The van der Waals surface area contributed by atoms with Crippen molar-refractivity contribution in [2.45, 2.75) is 28.0 Å². The maximum atomic E-state index is 13.1. The molecule has 0 aliphatic carbocycles. The Morgan fingerprint density at radius 1 is 0.906 bits per heavy atom. The molecule has 2 aromatic heterocycles. The molecular weight excluding hydrogens is 470 g/mol. The molecular formula is C21H21N3O5S3. The van der Waals surface area contributed by atoms with E-state index in [-0.39, 0.29) is 33.2 Å². The molecule has 1 saturated heterocycles. The molecule has 32 heavy (non-hydrogen) atoms. The van der Waals surface area contributed by atoms with Gasteiger partial charge in [-0.3, -0.25) is 9.52 Å². The van der Waals surface area contributed by atoms with Crippen molar-refractivity contribution in [1.82, 2.24) is 8.87 Å². The molecule has 168 valence electrons. The van der Waals surface area contributed by atoms with Crippen molar-refractivity contribution < 1.29 is 16.8 Å². The fraction of sp³-hybridized carbons (Fsp3) is 0.286. The van der Waals surface area contributed by atoms with Gasteiger partial charge in [0.1, 0.15) is 9.90 Å². The van der Waals surface area contributed by atoms with E-state index in [0.717, 1.165) is 23.5 Å². The van der Waals surface area contributed by atoms with E-state index < -0.39 is 25.6 Å². The lowest BCUT2D eigenvalue weighted by atomic mass is 9.84. The minimum Gasteiger partial charge on any atom is -0.310 e. The van der Waals surface area contributed by atoms with Crippen molar-refractivity contribution in [3.05, 3.63) is 76.0 Å². The summed E-state index contributed by atoms with van der Waals surface area (Å²) >= 11 is 1.08. The molecule has 1 N–H and O–H groups in total. The molecule has 2 bridgehead atoms. The van der Waals surface area contributed by atoms with E-state index in [4.69, 9.17) is 0 Å². The highest BCUT2D eigenvalue weighted by molar-refractivity contribution is 7.94. The van der Waals surface area contributed by atoms with Gasteiger partial charge in [0.2, 0.25) is 10.0 Å². The van der Waals surface area contributed by atoms with Gasteiger partial charge < -0.3 is 4.57 Å². The zero-order valence-electron chi connectivity index (χ0n) is 16.9. The molecule has 2 aliphatic rings. The van der Waals surface area contributed by atoms with Gasteiger partial charge in [0.25, 0.3) is 15.6 Å². The Morgan fingerprint density at radius 2 is 1.69 bits per heavy atom. The van der Waals surface area contributed by atoms with Crippen LogP contribution in [0.4, 0.5) is 5.69 Å². The number of nitrogens with one attached hydrogen (secondary N) is 1. The minimum atomic E-state index is -3.83. The highest BCUT2D eigenvalue weighted by Crippen LogP contribution is 2.37. The topological polar surface area (TPSA) is 106 Å². The molecule has 1 fully saturated rings. The molecule has 0 spiro atoms. The number of piperidine rings is 1. The Kier molecular flexibility index (Phi) is 5.24. The molecule has 5 rings (SSSR count). The summed E-state index contributed by atoms with van der Waals surface area (Å²) in [7, 11) is -7.45. The SMILES string of the molecule is O=c1c(NS(=O)(=O)c2cccs2)ccc2n1C[C@H]1C[C@@H]2CN(S(=O)(=O)c2ccccc2)C1. The zero-order chi connectivity index (χ0) is 22.5. The summed E-state index contributed by atoms with van der Waals surface area (Å²) in [6, 6.07) is 14.7. The third kappa shape index (κ3) is 3.68. The zero-order valence-corrected chi connectivity index (χ0v) is 19.4. The van der Waals surface area contributed by atoms with Crippen LogP contribution in [0.3, 0.4) is 0 Å². The van der Waals surface area contributed by atoms with E-state index in [9.17, 15) is 21.6 Å². The van der Waals surface area contributed by atoms with Crippen molar-refractivity contribution >= 4 is 37.1 Å². The highest BCUT2D eigenvalue weighted by atomic mass is 32.2. The van der Waals surface area contributed by atoms with Crippen LogP contribution >= 0.6 is 11.3 Å². The van der Waals surface area contributed by atoms with Crippen LogP contribution in [0.1, 0.15) is 18.0 Å². The van der Waals surface area contributed by atoms with E-state index >= 15 is 0 Å². The fourth-order valence-electron chi connectivity index (χ4n) is 4.53. The van der Waals surface area contributed by atoms with Crippen molar-refractivity contribution in [3.63, 3.8) is 0 Å². The highest BCUT2D eigenvalue weighted by Gasteiger charge is 2.39. The van der Waals surface area contributed by atoms with Crippen molar-refractivity contribution in [2.24, 2.45) is 5.92 Å². The number of hydrogen-bond donors (Lipinski definition) is 1. The first-order chi connectivity index (χ1) is 15.3. The molecule has 11 heteroatoms. The number of aromatic nitrogens is 1.